The molecule has 1 unspecified atom stereocenters. The quantitative estimate of drug-likeness (QED) is 0.853. The predicted octanol–water partition coefficient (Wildman–Crippen LogP) is 2.22. The van der Waals surface area contributed by atoms with E-state index in [1.165, 1.54) is 0 Å². The van der Waals surface area contributed by atoms with Crippen molar-refractivity contribution in [2.24, 2.45) is 5.73 Å². The average Bonchev–Trinajstić information content (AvgIpc) is 2.15. The Morgan fingerprint density at radius 2 is 1.92 bits per heavy atom. The lowest BCUT2D eigenvalue weighted by molar-refractivity contribution is 0.280. The Labute approximate surface area is 86.9 Å². The third kappa shape index (κ3) is 3.46. The van der Waals surface area contributed by atoms with Crippen LogP contribution in [0.3, 0.4) is 0 Å². The van der Waals surface area contributed by atoms with Gasteiger partial charge >= 0.3 is 0 Å². The van der Waals surface area contributed by atoms with Gasteiger partial charge in [-0.2, -0.15) is 0 Å². The van der Waals surface area contributed by atoms with E-state index >= 15 is 0 Å². The van der Waals surface area contributed by atoms with Gasteiger partial charge in [0, 0.05) is 17.1 Å². The Morgan fingerprint density at radius 1 is 1.31 bits per heavy atom. The van der Waals surface area contributed by atoms with Crippen molar-refractivity contribution in [3.8, 4) is 0 Å². The highest BCUT2D eigenvalue weighted by atomic mass is 79.9. The van der Waals surface area contributed by atoms with Crippen LogP contribution >= 0.6 is 15.9 Å². The number of aliphatic hydroxyl groups excluding tert-OH is 1. The Hall–Kier alpha value is -0.380. The maximum Gasteiger partial charge on any atom is 0.0431 e. The predicted molar refractivity (Wildman–Crippen MR) is 57.4 cm³/mol. The molecule has 1 aromatic carbocycles. The van der Waals surface area contributed by atoms with Crippen molar-refractivity contribution in [1.29, 1.82) is 0 Å². The molecule has 0 bridgehead atoms. The van der Waals surface area contributed by atoms with Gasteiger partial charge in [-0.15, -0.1) is 0 Å². The minimum Gasteiger partial charge on any atom is -0.396 e. The normalized spacial score (nSPS) is 12.8. The van der Waals surface area contributed by atoms with Crippen LogP contribution in [0, 0.1) is 0 Å². The molecule has 0 amide bonds. The monoisotopic (exact) mass is 243 g/mol. The van der Waals surface area contributed by atoms with E-state index in [2.05, 4.69) is 15.9 Å². The van der Waals surface area contributed by atoms with Crippen LogP contribution in [0.5, 0.6) is 0 Å². The summed E-state index contributed by atoms with van der Waals surface area (Å²) in [6.45, 7) is 0.213. The van der Waals surface area contributed by atoms with Crippen molar-refractivity contribution in [1.82, 2.24) is 0 Å². The lowest BCUT2D eigenvalue weighted by atomic mass is 10.0. The van der Waals surface area contributed by atoms with Crippen molar-refractivity contribution < 1.29 is 5.11 Å². The molecule has 0 heterocycles. The molecule has 1 aromatic rings. The zero-order valence-electron chi connectivity index (χ0n) is 7.41. The molecule has 0 saturated heterocycles. The highest BCUT2D eigenvalue weighted by molar-refractivity contribution is 9.10. The first kappa shape index (κ1) is 10.7. The molecule has 1 rings (SSSR count). The molecule has 0 radical (unpaired) electrons. The first-order valence-corrected chi connectivity index (χ1v) is 5.15. The molecular formula is C10H14BrNO. The summed E-state index contributed by atoms with van der Waals surface area (Å²) in [5.74, 6) is 0. The van der Waals surface area contributed by atoms with Gasteiger partial charge in [-0.05, 0) is 30.5 Å². The number of aliphatic hydroxyl groups is 1. The van der Waals surface area contributed by atoms with Gasteiger partial charge in [0.25, 0.3) is 0 Å². The number of halogens is 1. The molecule has 2 nitrogen and oxygen atoms in total. The third-order valence-electron chi connectivity index (χ3n) is 1.97. The van der Waals surface area contributed by atoms with Crippen LogP contribution in [0.25, 0.3) is 0 Å². The third-order valence-corrected chi connectivity index (χ3v) is 2.50. The van der Waals surface area contributed by atoms with Crippen molar-refractivity contribution in [2.75, 3.05) is 6.61 Å². The molecule has 0 aliphatic rings. The number of benzene rings is 1. The lowest BCUT2D eigenvalue weighted by Gasteiger charge is -2.10. The van der Waals surface area contributed by atoms with Gasteiger partial charge in [0.05, 0.1) is 0 Å². The molecule has 0 saturated carbocycles. The summed E-state index contributed by atoms with van der Waals surface area (Å²) in [7, 11) is 0. The minimum atomic E-state index is 0.0419. The summed E-state index contributed by atoms with van der Waals surface area (Å²) in [5.41, 5.74) is 7.03. The highest BCUT2D eigenvalue weighted by Crippen LogP contribution is 2.18. The summed E-state index contributed by atoms with van der Waals surface area (Å²) in [5, 5.41) is 8.64. The second kappa shape index (κ2) is 5.37. The fraction of sp³-hybridized carbons (Fsp3) is 0.400. The highest BCUT2D eigenvalue weighted by Gasteiger charge is 2.04. The zero-order valence-corrected chi connectivity index (χ0v) is 9.00. The van der Waals surface area contributed by atoms with Gasteiger partial charge in [0.15, 0.2) is 0 Å². The fourth-order valence-corrected chi connectivity index (χ4v) is 1.45. The molecule has 1 atom stereocenters. The second-order valence-corrected chi connectivity index (χ2v) is 3.94. The Bertz CT molecular complexity index is 248. The Morgan fingerprint density at radius 3 is 2.46 bits per heavy atom. The van der Waals surface area contributed by atoms with Crippen molar-refractivity contribution >= 4 is 15.9 Å². The van der Waals surface area contributed by atoms with E-state index in [4.69, 9.17) is 10.8 Å². The first-order chi connectivity index (χ1) is 6.24. The van der Waals surface area contributed by atoms with Gasteiger partial charge in [-0.1, -0.05) is 28.1 Å². The Balaban J connectivity index is 2.55. The molecule has 0 spiro atoms. The number of hydrogen-bond acceptors (Lipinski definition) is 2. The van der Waals surface area contributed by atoms with E-state index in [-0.39, 0.29) is 12.6 Å². The lowest BCUT2D eigenvalue weighted by Crippen LogP contribution is -2.10. The summed E-state index contributed by atoms with van der Waals surface area (Å²) in [4.78, 5) is 0. The number of nitrogens with two attached hydrogens (primary N) is 1. The van der Waals surface area contributed by atoms with Crippen LogP contribution in [0.15, 0.2) is 28.7 Å². The van der Waals surface area contributed by atoms with Gasteiger partial charge in [-0.3, -0.25) is 0 Å². The average molecular weight is 244 g/mol. The van der Waals surface area contributed by atoms with Crippen LogP contribution in [0.1, 0.15) is 24.4 Å². The summed E-state index contributed by atoms with van der Waals surface area (Å²) < 4.78 is 1.06. The topological polar surface area (TPSA) is 46.2 Å². The molecular weight excluding hydrogens is 230 g/mol. The van der Waals surface area contributed by atoms with Crippen LogP contribution in [0.2, 0.25) is 0 Å². The Kier molecular flexibility index (Phi) is 4.42. The van der Waals surface area contributed by atoms with E-state index in [1.807, 2.05) is 24.3 Å². The molecule has 0 aliphatic heterocycles. The maximum absolute atomic E-state index is 8.64. The van der Waals surface area contributed by atoms with Crippen LogP contribution in [0.4, 0.5) is 0 Å². The molecule has 3 N–H and O–H groups in total. The van der Waals surface area contributed by atoms with E-state index in [9.17, 15) is 0 Å². The summed E-state index contributed by atoms with van der Waals surface area (Å²) >= 11 is 3.37. The minimum absolute atomic E-state index is 0.0419. The maximum atomic E-state index is 8.64. The SMILES string of the molecule is NC(CCCO)c1ccc(Br)cc1. The van der Waals surface area contributed by atoms with Crippen LogP contribution in [-0.2, 0) is 0 Å². The summed E-state index contributed by atoms with van der Waals surface area (Å²) in [6, 6.07) is 8.01. The standard InChI is InChI=1S/C10H14BrNO/c11-9-5-3-8(4-6-9)10(12)2-1-7-13/h3-6,10,13H,1-2,7,12H2. The van der Waals surface area contributed by atoms with Gasteiger partial charge in [0.1, 0.15) is 0 Å². The van der Waals surface area contributed by atoms with Crippen LogP contribution < -0.4 is 5.73 Å². The molecule has 13 heavy (non-hydrogen) atoms. The van der Waals surface area contributed by atoms with E-state index < -0.39 is 0 Å². The smallest absolute Gasteiger partial charge is 0.0431 e. The van der Waals surface area contributed by atoms with Gasteiger partial charge in [0.2, 0.25) is 0 Å². The zero-order chi connectivity index (χ0) is 9.68. The molecule has 0 aromatic heterocycles. The number of hydrogen-bond donors (Lipinski definition) is 2. The first-order valence-electron chi connectivity index (χ1n) is 4.36. The van der Waals surface area contributed by atoms with E-state index in [0.29, 0.717) is 0 Å². The molecule has 3 heteroatoms. The second-order valence-electron chi connectivity index (χ2n) is 3.02. The van der Waals surface area contributed by atoms with E-state index in [0.717, 1.165) is 22.9 Å². The van der Waals surface area contributed by atoms with Crippen LogP contribution in [-0.4, -0.2) is 11.7 Å². The van der Waals surface area contributed by atoms with Crippen molar-refractivity contribution in [3.05, 3.63) is 34.3 Å². The van der Waals surface area contributed by atoms with Gasteiger partial charge in [-0.25, -0.2) is 0 Å². The van der Waals surface area contributed by atoms with Crippen molar-refractivity contribution in [3.63, 3.8) is 0 Å². The fourth-order valence-electron chi connectivity index (χ4n) is 1.19. The summed E-state index contributed by atoms with van der Waals surface area (Å²) in [6.07, 6.45) is 1.59. The van der Waals surface area contributed by atoms with E-state index in [1.54, 1.807) is 0 Å². The molecule has 0 aliphatic carbocycles. The largest absolute Gasteiger partial charge is 0.396 e. The molecule has 0 fully saturated rings. The number of rotatable bonds is 4. The molecule has 72 valence electrons. The van der Waals surface area contributed by atoms with Crippen molar-refractivity contribution in [2.45, 2.75) is 18.9 Å². The van der Waals surface area contributed by atoms with Gasteiger partial charge < -0.3 is 10.8 Å².